The molecular formula is C120H110N20O8. The van der Waals surface area contributed by atoms with E-state index in [4.69, 9.17) is 44.1 Å². The van der Waals surface area contributed by atoms with Gasteiger partial charge in [0.1, 0.15) is 52.8 Å². The molecule has 4 saturated carbocycles. The van der Waals surface area contributed by atoms with Gasteiger partial charge in [-0.15, -0.1) is 0 Å². The number of likely N-dealkylation sites (tertiary alicyclic amines) is 3. The molecule has 6 aromatic heterocycles. The van der Waals surface area contributed by atoms with Crippen LogP contribution in [0.25, 0.3) is 143 Å². The second-order valence-electron chi connectivity index (χ2n) is 42.4. The molecule has 16 atom stereocenters. The van der Waals surface area contributed by atoms with Gasteiger partial charge in [0.15, 0.2) is 5.78 Å². The van der Waals surface area contributed by atoms with Gasteiger partial charge in [-0.25, -0.2) is 39.5 Å². The van der Waals surface area contributed by atoms with Crippen LogP contribution >= 0.6 is 0 Å². The monoisotopic (exact) mass is 1960 g/mol. The number of hydrogen-bond acceptors (Lipinski definition) is 18. The molecule has 0 spiro atoms. The first-order valence-corrected chi connectivity index (χ1v) is 52.4. The van der Waals surface area contributed by atoms with Crippen LogP contribution in [0.2, 0.25) is 0 Å². The smallest absolute Gasteiger partial charge is 0.407 e. The van der Waals surface area contributed by atoms with Crippen molar-refractivity contribution in [3.8, 4) is 61.6 Å². The molecule has 13 aromatic carbocycles. The highest BCUT2D eigenvalue weighted by Gasteiger charge is 2.54. The molecule has 10 fully saturated rings. The average molecular weight is 1960 g/mol. The molecule has 148 heavy (non-hydrogen) atoms. The maximum absolute atomic E-state index is 14.1. The summed E-state index contributed by atoms with van der Waals surface area (Å²) in [6.45, 7) is 1.98. The van der Waals surface area contributed by atoms with E-state index < -0.39 is 24.3 Å². The predicted octanol–water partition coefficient (Wildman–Crippen LogP) is 21.7. The second-order valence-corrected chi connectivity index (χ2v) is 42.4. The number of amides is 4. The maximum Gasteiger partial charge on any atom is 0.407 e. The fourth-order valence-electron chi connectivity index (χ4n) is 25.1. The first-order chi connectivity index (χ1) is 72.6. The first kappa shape index (κ1) is 89.6. The molecule has 13 heterocycles. The van der Waals surface area contributed by atoms with E-state index in [-0.39, 0.29) is 35.7 Å². The van der Waals surface area contributed by atoms with Crippen molar-refractivity contribution in [2.45, 2.75) is 156 Å². The van der Waals surface area contributed by atoms with Gasteiger partial charge in [0.25, 0.3) is 11.8 Å². The molecule has 7 aliphatic heterocycles. The molecule has 0 bridgehead atoms. The van der Waals surface area contributed by atoms with E-state index in [9.17, 15) is 24.0 Å². The Morgan fingerprint density at radius 2 is 0.818 bits per heavy atom. The number of H-pyrrole nitrogens is 6. The van der Waals surface area contributed by atoms with Crippen molar-refractivity contribution in [3.05, 3.63) is 318 Å². The minimum absolute atomic E-state index is 0.142. The topological polar surface area (TPSA) is 355 Å². The number of ether oxygens (including phenoxy) is 3. The number of alkyl carbamates (subject to hydrolysis) is 2. The Kier molecular flexibility index (Phi) is 22.0. The summed E-state index contributed by atoms with van der Waals surface area (Å²) in [7, 11) is 2.56. The third-order valence-corrected chi connectivity index (χ3v) is 33.3. The summed E-state index contributed by atoms with van der Waals surface area (Å²) >= 11 is 0. The summed E-state index contributed by atoms with van der Waals surface area (Å²) in [6, 6.07) is 88.4. The van der Waals surface area contributed by atoms with Crippen LogP contribution in [0, 0.1) is 23.7 Å². The summed E-state index contributed by atoms with van der Waals surface area (Å²) in [6.07, 6.45) is 14.0. The Hall–Kier alpha value is -16.0. The van der Waals surface area contributed by atoms with Crippen molar-refractivity contribution >= 4 is 117 Å². The van der Waals surface area contributed by atoms with Gasteiger partial charge in [0, 0.05) is 82.0 Å². The lowest BCUT2D eigenvalue weighted by Gasteiger charge is -2.28. The number of nitrogens with one attached hydrogen (secondary N) is 11. The van der Waals surface area contributed by atoms with Gasteiger partial charge in [-0.05, 0) is 233 Å². The van der Waals surface area contributed by atoms with Crippen molar-refractivity contribution in [2.24, 2.45) is 23.7 Å². The summed E-state index contributed by atoms with van der Waals surface area (Å²) in [4.78, 5) is 123. The van der Waals surface area contributed by atoms with E-state index in [0.717, 1.165) is 185 Å². The number of methoxy groups -OCH3 is 2. The third-order valence-electron chi connectivity index (χ3n) is 33.3. The lowest BCUT2D eigenvalue weighted by atomic mass is 9.98. The van der Waals surface area contributed by atoms with Crippen molar-refractivity contribution in [2.75, 3.05) is 40.5 Å². The predicted molar refractivity (Wildman–Crippen MR) is 569 cm³/mol. The fraction of sp³-hybridized carbons (Fsp3) is 0.292. The van der Waals surface area contributed by atoms with Crippen LogP contribution in [0.15, 0.2) is 261 Å². The fourth-order valence-corrected chi connectivity index (χ4v) is 25.1. The Morgan fingerprint density at radius 1 is 0.399 bits per heavy atom. The number of ketones is 1. The minimum atomic E-state index is -0.899. The molecule has 0 radical (unpaired) electrons. The first-order valence-electron chi connectivity index (χ1n) is 52.4. The summed E-state index contributed by atoms with van der Waals surface area (Å²) < 4.78 is 16.0. The highest BCUT2D eigenvalue weighted by atomic mass is 16.5. The number of carbonyl (C=O) groups is 5. The molecule has 6 saturated heterocycles. The number of hydrogen-bond donors (Lipinski definition) is 11. The van der Waals surface area contributed by atoms with E-state index >= 15 is 0 Å². The van der Waals surface area contributed by atoms with Crippen LogP contribution in [0.3, 0.4) is 0 Å². The van der Waals surface area contributed by atoms with Crippen LogP contribution in [0.4, 0.5) is 9.59 Å². The van der Waals surface area contributed by atoms with Crippen molar-refractivity contribution in [1.29, 1.82) is 0 Å². The number of fused-ring (bicyclic) bond motifs is 19. The Balaban J connectivity index is 0.000000110. The number of benzene rings is 13. The maximum atomic E-state index is 14.1. The van der Waals surface area contributed by atoms with Crippen LogP contribution < -0.4 is 31.3 Å². The standard InChI is InChI=1S/C48H48N8O7.C40H34N6O.C32H28N6/c1-61-47(59)53-40(31-11-5-3-6-12-31)45(57)55-24-9-15-37(55)43-49-28-36(51-43)30-19-17-29(18-20-30)33-21-22-34-39(27-33)63-26-23-35-42(34)52-44(50-35)38-16-10-25-56(38)46(58)41(54-48(60)62-2)32-13-7-4-8-14-32;47-36(21-4-2-1-3-5-21)20-46-34-18-27(34)19-35(46)40-43-31-13-9-25-15-23(7-11-29(25)38(31)45-40)22-6-10-28-24(14-22)8-12-30-37(28)44-39(42-30)33-17-26-16-32(26)41-33;1-5-21-17(3-7-23-29(21)37-31(35-23)27-13-19-11-25(19)33-27)9-15(1)16-2-6-22-18(10-16)4-8-24-30(22)38-32(36-24)28-14-20-12-26(20)34-28/h3-8,11-14,17-22,27-28,37-38,40-41H,9-10,15-16,23-26H2,1-2H3,(H,49,51)(H,50,52)(H,53,59)(H,54,60);1-15,26-27,32-35,41H,16-20H2,(H,42,44)(H,43,45);1-10,19-20,25-28,33-34H,11-14H2,(H,35,37)(H,36,38)/t37-,38-,40+,41+;26-,27-,32-,33+,34-,35+;19-,20-,25-,26-,27+,28+/m011/s1. The number of Topliss-reactive ketones (excluding diaryl/α,β-unsaturated/α-hetero) is 1. The zero-order valence-corrected chi connectivity index (χ0v) is 81.9. The van der Waals surface area contributed by atoms with Gasteiger partial charge in [0.05, 0.1) is 125 Å². The second kappa shape index (κ2) is 36.3. The molecule has 4 aliphatic carbocycles. The molecule has 30 rings (SSSR count). The summed E-state index contributed by atoms with van der Waals surface area (Å²) in [5, 5.41) is 26.2. The highest BCUT2D eigenvalue weighted by Crippen LogP contribution is 2.55. The minimum Gasteiger partial charge on any atom is -0.492 e. The van der Waals surface area contributed by atoms with Gasteiger partial charge in [-0.2, -0.15) is 0 Å². The molecule has 28 nitrogen and oxygen atoms in total. The van der Waals surface area contributed by atoms with Crippen LogP contribution in [0.5, 0.6) is 5.75 Å². The zero-order chi connectivity index (χ0) is 98.8. The Bertz CT molecular complexity index is 8350. The SMILES string of the molecule is COC(=O)N[C@@H](C(=O)N1CCC[C@H]1c1ncc(-c2ccc(-c3ccc4c(c3)OCCc3[nH]c([C@@H]5CCCN5C(=O)[C@H](NC(=O)OC)c5ccccc5)nc3-4)cc2)[nH]1)c1ccccc1.O=C(CN1[C@@H]2C[C@@H]2C[C@H]1c1nc2c(ccc3cc(-c4ccc5c(ccc6[nH]c([C@@H]7C[C@H]8C[C@H]8N7)nc65)c4)ccc32)[nH]1)c1ccccc1.c1cc2c(ccc3[nH]c([C@@H]4C[C@H]5C[C@H]5N4)nc32)cc1-c1ccc2c(ccc3[nH]c([C@@H]4C[C@H]5C[C@H]5N4)nc32)c1. The highest BCUT2D eigenvalue weighted by molar-refractivity contribution is 6.10. The molecule has 11 aliphatic rings. The number of imidazole rings is 6. The van der Waals surface area contributed by atoms with Crippen LogP contribution in [-0.4, -0.2) is 169 Å². The lowest BCUT2D eigenvalue weighted by Crippen LogP contribution is -2.42. The number of nitrogens with zero attached hydrogens (tertiary/aromatic N) is 9. The molecule has 19 aromatic rings. The van der Waals surface area contributed by atoms with E-state index in [1.165, 1.54) is 119 Å². The largest absolute Gasteiger partial charge is 0.492 e. The van der Waals surface area contributed by atoms with Crippen molar-refractivity contribution in [3.63, 3.8) is 0 Å². The molecule has 28 heteroatoms. The van der Waals surface area contributed by atoms with Crippen molar-refractivity contribution < 1.29 is 38.2 Å². The summed E-state index contributed by atoms with van der Waals surface area (Å²) in [5.74, 6) is 9.32. The molecule has 11 N–H and O–H groups in total. The third kappa shape index (κ3) is 16.5. The van der Waals surface area contributed by atoms with E-state index in [1.54, 1.807) is 16.0 Å². The quantitative estimate of drug-likeness (QED) is 0.0335. The summed E-state index contributed by atoms with van der Waals surface area (Å²) in [5.41, 5.74) is 22.0. The molecular weight excluding hydrogens is 1850 g/mol. The lowest BCUT2D eigenvalue weighted by molar-refractivity contribution is -0.135. The normalized spacial score (nSPS) is 23.5. The van der Waals surface area contributed by atoms with E-state index in [0.29, 0.717) is 91.6 Å². The van der Waals surface area contributed by atoms with E-state index in [1.807, 2.05) is 115 Å². The van der Waals surface area contributed by atoms with Crippen LogP contribution in [-0.2, 0) is 25.5 Å². The number of carbonyl (C=O) groups excluding carboxylic acids is 5. The molecule has 738 valence electrons. The van der Waals surface area contributed by atoms with Gasteiger partial charge in [0.2, 0.25) is 0 Å². The zero-order valence-electron chi connectivity index (χ0n) is 81.9. The van der Waals surface area contributed by atoms with Gasteiger partial charge in [-0.3, -0.25) is 19.3 Å². The number of rotatable bonds is 19. The van der Waals surface area contributed by atoms with Gasteiger partial charge in [-0.1, -0.05) is 194 Å². The molecule has 4 amide bonds. The molecule has 0 unspecified atom stereocenters. The van der Waals surface area contributed by atoms with Crippen molar-refractivity contribution in [1.82, 2.24) is 101 Å². The average Bonchev–Trinajstić information content (AvgIpc) is 1.58. The number of aromatic nitrogens is 12. The number of piperidine rings is 4. The van der Waals surface area contributed by atoms with Gasteiger partial charge >= 0.3 is 12.2 Å². The number of aromatic amines is 6. The Labute approximate surface area is 851 Å². The van der Waals surface area contributed by atoms with Crippen LogP contribution in [0.1, 0.15) is 188 Å². The van der Waals surface area contributed by atoms with Gasteiger partial charge < -0.3 is 80.5 Å². The van der Waals surface area contributed by atoms with E-state index in [2.05, 4.69) is 201 Å². The Morgan fingerprint density at radius 3 is 1.28 bits per heavy atom.